The van der Waals surface area contributed by atoms with Crippen molar-refractivity contribution < 1.29 is 28.6 Å². The first-order chi connectivity index (χ1) is 28.0. The van der Waals surface area contributed by atoms with Crippen LogP contribution in [-0.2, 0) is 28.6 Å². The van der Waals surface area contributed by atoms with Crippen LogP contribution in [0.25, 0.3) is 0 Å². The molecule has 334 valence electrons. The number of carbonyl (C=O) groups excluding carboxylic acids is 3. The largest absolute Gasteiger partial charge is 0.462 e. The molecule has 0 aromatic rings. The van der Waals surface area contributed by atoms with E-state index in [0.717, 1.165) is 77.0 Å². The van der Waals surface area contributed by atoms with Gasteiger partial charge in [-0.25, -0.2) is 0 Å². The van der Waals surface area contributed by atoms with Gasteiger partial charge < -0.3 is 14.2 Å². The van der Waals surface area contributed by atoms with E-state index in [1.165, 1.54) is 148 Å². The highest BCUT2D eigenvalue weighted by molar-refractivity contribution is 5.71. The predicted molar refractivity (Wildman–Crippen MR) is 243 cm³/mol. The van der Waals surface area contributed by atoms with Crippen LogP contribution in [0.1, 0.15) is 265 Å². The minimum absolute atomic E-state index is 0.0716. The molecule has 0 radical (unpaired) electrons. The third-order valence-corrected chi connectivity index (χ3v) is 11.0. The zero-order valence-corrected chi connectivity index (χ0v) is 38.1. The Labute approximate surface area is 353 Å². The third-order valence-electron chi connectivity index (χ3n) is 11.0. The van der Waals surface area contributed by atoms with Crippen LogP contribution in [0.2, 0.25) is 0 Å². The summed E-state index contributed by atoms with van der Waals surface area (Å²) in [6.45, 7) is 6.61. The van der Waals surface area contributed by atoms with Crippen molar-refractivity contribution in [1.82, 2.24) is 0 Å². The van der Waals surface area contributed by atoms with Gasteiger partial charge in [0.2, 0.25) is 0 Å². The Morgan fingerprint density at radius 2 is 0.632 bits per heavy atom. The minimum Gasteiger partial charge on any atom is -0.462 e. The first kappa shape index (κ1) is 54.9. The Hall–Kier alpha value is -2.11. The molecule has 0 amide bonds. The van der Waals surface area contributed by atoms with Gasteiger partial charge in [-0.15, -0.1) is 0 Å². The molecule has 0 aliphatic carbocycles. The number of hydrogen-bond donors (Lipinski definition) is 0. The third kappa shape index (κ3) is 44.8. The van der Waals surface area contributed by atoms with Crippen molar-refractivity contribution >= 4 is 17.9 Å². The second kappa shape index (κ2) is 46.6. The molecule has 0 saturated heterocycles. The maximum Gasteiger partial charge on any atom is 0.306 e. The van der Waals surface area contributed by atoms with Crippen molar-refractivity contribution in [2.45, 2.75) is 271 Å². The van der Waals surface area contributed by atoms with Gasteiger partial charge >= 0.3 is 17.9 Å². The highest BCUT2D eigenvalue weighted by atomic mass is 16.6. The van der Waals surface area contributed by atoms with E-state index in [9.17, 15) is 14.4 Å². The number of unbranched alkanes of at least 4 members (excludes halogenated alkanes) is 30. The molecular formula is C51H94O6. The van der Waals surface area contributed by atoms with Crippen molar-refractivity contribution in [1.29, 1.82) is 0 Å². The topological polar surface area (TPSA) is 78.9 Å². The Bertz CT molecular complexity index is 927. The molecule has 0 fully saturated rings. The number of rotatable bonds is 45. The van der Waals surface area contributed by atoms with Gasteiger partial charge in [0, 0.05) is 19.3 Å². The molecular weight excluding hydrogens is 709 g/mol. The number of esters is 3. The van der Waals surface area contributed by atoms with E-state index in [-0.39, 0.29) is 31.1 Å². The van der Waals surface area contributed by atoms with E-state index in [4.69, 9.17) is 14.2 Å². The normalized spacial score (nSPS) is 12.1. The quantitative estimate of drug-likeness (QED) is 0.0264. The molecule has 1 unspecified atom stereocenters. The molecule has 0 aromatic carbocycles. The standard InChI is InChI=1S/C51H94O6/c1-4-7-10-13-16-19-21-23-25-26-28-29-32-35-38-41-44-50(53)56-47-48(46-55-49(52)43-40-37-34-31-18-15-12-9-6-3)57-51(54)45-42-39-36-33-30-27-24-22-20-17-14-11-8-5-2/h19,21,25-26,48H,4-18,20,22-24,27-47H2,1-3H3/b21-19-,26-25-. The number of hydrogen-bond acceptors (Lipinski definition) is 6. The SMILES string of the molecule is CCCCCC/C=C\C/C=C\CCCCCCCC(=O)OCC(COC(=O)CCCCCCCCCCC)OC(=O)CCCCCCCCCCCCCCCC. The van der Waals surface area contributed by atoms with Crippen molar-refractivity contribution in [3.8, 4) is 0 Å². The minimum atomic E-state index is -0.769. The van der Waals surface area contributed by atoms with Gasteiger partial charge in [-0.05, 0) is 51.4 Å². The first-order valence-corrected chi connectivity index (χ1v) is 24.8. The summed E-state index contributed by atoms with van der Waals surface area (Å²) in [7, 11) is 0. The Kier molecular flexibility index (Phi) is 44.9. The van der Waals surface area contributed by atoms with E-state index in [0.29, 0.717) is 19.3 Å². The lowest BCUT2D eigenvalue weighted by atomic mass is 10.0. The monoisotopic (exact) mass is 803 g/mol. The lowest BCUT2D eigenvalue weighted by Crippen LogP contribution is -2.30. The summed E-state index contributed by atoms with van der Waals surface area (Å²) in [4.78, 5) is 37.8. The van der Waals surface area contributed by atoms with Gasteiger partial charge in [-0.3, -0.25) is 14.4 Å². The van der Waals surface area contributed by atoms with Crippen molar-refractivity contribution in [2.24, 2.45) is 0 Å². The smallest absolute Gasteiger partial charge is 0.306 e. The zero-order valence-electron chi connectivity index (χ0n) is 38.1. The lowest BCUT2D eigenvalue weighted by Gasteiger charge is -2.18. The molecule has 0 rings (SSSR count). The summed E-state index contributed by atoms with van der Waals surface area (Å²) >= 11 is 0. The van der Waals surface area contributed by atoms with Gasteiger partial charge in [0.15, 0.2) is 6.10 Å². The molecule has 0 aromatic heterocycles. The first-order valence-electron chi connectivity index (χ1n) is 24.8. The second-order valence-electron chi connectivity index (χ2n) is 16.7. The average Bonchev–Trinajstić information content (AvgIpc) is 3.21. The fraction of sp³-hybridized carbons (Fsp3) is 0.863. The van der Waals surface area contributed by atoms with Crippen LogP contribution in [0.4, 0.5) is 0 Å². The summed E-state index contributed by atoms with van der Waals surface area (Å²) in [5.41, 5.74) is 0. The van der Waals surface area contributed by atoms with E-state index in [1.807, 2.05) is 0 Å². The summed E-state index contributed by atoms with van der Waals surface area (Å²) in [5, 5.41) is 0. The molecule has 57 heavy (non-hydrogen) atoms. The maximum absolute atomic E-state index is 12.7. The number of ether oxygens (including phenoxy) is 3. The van der Waals surface area contributed by atoms with E-state index in [1.54, 1.807) is 0 Å². The fourth-order valence-electron chi connectivity index (χ4n) is 7.18. The van der Waals surface area contributed by atoms with Crippen LogP contribution in [0, 0.1) is 0 Å². The van der Waals surface area contributed by atoms with E-state index in [2.05, 4.69) is 45.1 Å². The van der Waals surface area contributed by atoms with Gasteiger partial charge in [-0.2, -0.15) is 0 Å². The van der Waals surface area contributed by atoms with Gasteiger partial charge in [-0.1, -0.05) is 218 Å². The van der Waals surface area contributed by atoms with Crippen LogP contribution in [-0.4, -0.2) is 37.2 Å². The highest BCUT2D eigenvalue weighted by Gasteiger charge is 2.19. The van der Waals surface area contributed by atoms with E-state index < -0.39 is 6.10 Å². The van der Waals surface area contributed by atoms with Crippen LogP contribution >= 0.6 is 0 Å². The number of allylic oxidation sites excluding steroid dienone is 4. The summed E-state index contributed by atoms with van der Waals surface area (Å²) in [5.74, 6) is -0.878. The predicted octanol–water partition coefficient (Wildman–Crippen LogP) is 16.0. The Morgan fingerprint density at radius 1 is 0.351 bits per heavy atom. The molecule has 0 N–H and O–H groups in total. The molecule has 0 aliphatic rings. The van der Waals surface area contributed by atoms with Crippen LogP contribution < -0.4 is 0 Å². The highest BCUT2D eigenvalue weighted by Crippen LogP contribution is 2.15. The second-order valence-corrected chi connectivity index (χ2v) is 16.7. The Morgan fingerprint density at radius 3 is 0.982 bits per heavy atom. The maximum atomic E-state index is 12.7. The molecule has 0 aliphatic heterocycles. The molecule has 0 heterocycles. The fourth-order valence-corrected chi connectivity index (χ4v) is 7.18. The Balaban J connectivity index is 4.33. The van der Waals surface area contributed by atoms with Crippen LogP contribution in [0.15, 0.2) is 24.3 Å². The molecule has 0 saturated carbocycles. The van der Waals surface area contributed by atoms with Crippen molar-refractivity contribution in [3.05, 3.63) is 24.3 Å². The van der Waals surface area contributed by atoms with Gasteiger partial charge in [0.05, 0.1) is 0 Å². The number of carbonyl (C=O) groups is 3. The molecule has 0 spiro atoms. The molecule has 6 heteroatoms. The molecule has 6 nitrogen and oxygen atoms in total. The van der Waals surface area contributed by atoms with Crippen molar-refractivity contribution in [2.75, 3.05) is 13.2 Å². The summed E-state index contributed by atoms with van der Waals surface area (Å²) < 4.78 is 16.7. The average molecular weight is 803 g/mol. The zero-order chi connectivity index (χ0) is 41.5. The van der Waals surface area contributed by atoms with Crippen LogP contribution in [0.3, 0.4) is 0 Å². The molecule has 1 atom stereocenters. The molecule has 0 bridgehead atoms. The van der Waals surface area contributed by atoms with Gasteiger partial charge in [0.25, 0.3) is 0 Å². The lowest BCUT2D eigenvalue weighted by molar-refractivity contribution is -0.167. The summed E-state index contributed by atoms with van der Waals surface area (Å²) in [6.07, 6.45) is 51.6. The summed E-state index contributed by atoms with van der Waals surface area (Å²) in [6, 6.07) is 0. The van der Waals surface area contributed by atoms with E-state index >= 15 is 0 Å². The van der Waals surface area contributed by atoms with Crippen LogP contribution in [0.5, 0.6) is 0 Å². The van der Waals surface area contributed by atoms with Gasteiger partial charge in [0.1, 0.15) is 13.2 Å². The van der Waals surface area contributed by atoms with Crippen molar-refractivity contribution in [3.63, 3.8) is 0 Å².